The number of phenolic OH excluding ortho intramolecular Hbond substituents is 1. The van der Waals surface area contributed by atoms with Gasteiger partial charge in [0.15, 0.2) is 0 Å². The van der Waals surface area contributed by atoms with Crippen molar-refractivity contribution >= 4 is 28.7 Å². The molecular weight excluding hydrogens is 546 g/mol. The average molecular weight is 580 g/mol. The highest BCUT2D eigenvalue weighted by Crippen LogP contribution is 2.30. The Bertz CT molecular complexity index is 1640. The SMILES string of the molecule is C=CCN1CC(=O)N2[C@@H](Cc3ccc(O)cc3)C(=O)N(Cc3cccc4cc[nH]c34)C[C@@H]2N1C(=O)NCc1ccccn1. The van der Waals surface area contributed by atoms with Crippen molar-refractivity contribution in [3.05, 3.63) is 109 Å². The van der Waals surface area contributed by atoms with E-state index in [1.807, 2.05) is 42.6 Å². The quantitative estimate of drug-likeness (QED) is 0.276. The van der Waals surface area contributed by atoms with Crippen molar-refractivity contribution < 1.29 is 19.5 Å². The van der Waals surface area contributed by atoms with Gasteiger partial charge in [-0.25, -0.2) is 14.8 Å². The van der Waals surface area contributed by atoms with Crippen molar-refractivity contribution in [3.8, 4) is 5.75 Å². The Balaban J connectivity index is 1.36. The van der Waals surface area contributed by atoms with Crippen LogP contribution in [0.5, 0.6) is 5.75 Å². The van der Waals surface area contributed by atoms with E-state index in [2.05, 4.69) is 21.9 Å². The van der Waals surface area contributed by atoms with E-state index in [-0.39, 0.29) is 50.2 Å². The first kappa shape index (κ1) is 28.0. The van der Waals surface area contributed by atoms with Gasteiger partial charge in [-0.2, -0.15) is 0 Å². The predicted octanol–water partition coefficient (Wildman–Crippen LogP) is 3.01. The third kappa shape index (κ3) is 5.67. The Hall–Kier alpha value is -5.16. The molecule has 0 bridgehead atoms. The molecule has 2 aromatic heterocycles. The van der Waals surface area contributed by atoms with Crippen LogP contribution in [0.2, 0.25) is 0 Å². The molecule has 0 unspecified atom stereocenters. The fourth-order valence-corrected chi connectivity index (χ4v) is 5.94. The molecule has 2 aromatic carbocycles. The van der Waals surface area contributed by atoms with E-state index in [0.717, 1.165) is 22.0 Å². The normalized spacial score (nSPS) is 19.0. The molecule has 2 saturated heterocycles. The summed E-state index contributed by atoms with van der Waals surface area (Å²) >= 11 is 0. The molecule has 4 heterocycles. The number of carbonyl (C=O) groups is 3. The van der Waals surface area contributed by atoms with Crippen LogP contribution in [-0.2, 0) is 29.1 Å². The molecule has 0 radical (unpaired) electrons. The standard InChI is InChI=1S/C32H33N7O4/c1-2-16-37-21-29(41)38-27(17-22-9-11-26(40)12-10-22)31(42)36(19-24-7-5-6-23-13-15-34-30(23)24)20-28(38)39(37)32(43)35-18-25-8-3-4-14-33-25/h2-15,27-28,34,40H,1,16-21H2,(H,35,43)/t27-,28-/m0/s1. The number of piperazine rings is 1. The average Bonchev–Trinajstić information content (AvgIpc) is 3.50. The minimum absolute atomic E-state index is 0.0827. The van der Waals surface area contributed by atoms with Crippen molar-refractivity contribution in [2.24, 2.45) is 0 Å². The molecule has 0 spiro atoms. The molecule has 4 aromatic rings. The fraction of sp³-hybridized carbons (Fsp3) is 0.250. The number of amides is 4. The van der Waals surface area contributed by atoms with Crippen LogP contribution in [0, 0.1) is 0 Å². The molecule has 4 amide bonds. The van der Waals surface area contributed by atoms with E-state index < -0.39 is 18.2 Å². The number of aromatic nitrogens is 2. The van der Waals surface area contributed by atoms with E-state index in [1.165, 1.54) is 0 Å². The van der Waals surface area contributed by atoms with Crippen LogP contribution in [0.25, 0.3) is 10.9 Å². The monoisotopic (exact) mass is 579 g/mol. The van der Waals surface area contributed by atoms with Gasteiger partial charge in [-0.15, -0.1) is 6.58 Å². The fourth-order valence-electron chi connectivity index (χ4n) is 5.94. The molecule has 0 aliphatic carbocycles. The minimum atomic E-state index is -0.851. The summed E-state index contributed by atoms with van der Waals surface area (Å²) in [5.74, 6) is -0.335. The number of urea groups is 1. The second kappa shape index (κ2) is 12.0. The Morgan fingerprint density at radius 2 is 1.93 bits per heavy atom. The number of H-pyrrole nitrogens is 1. The topological polar surface area (TPSA) is 125 Å². The second-order valence-electron chi connectivity index (χ2n) is 10.7. The maximum Gasteiger partial charge on any atom is 0.334 e. The van der Waals surface area contributed by atoms with Crippen molar-refractivity contribution in [1.82, 2.24) is 35.1 Å². The van der Waals surface area contributed by atoms with E-state index in [0.29, 0.717) is 12.2 Å². The summed E-state index contributed by atoms with van der Waals surface area (Å²) < 4.78 is 0. The molecule has 2 aliphatic rings. The number of nitrogens with zero attached hydrogens (tertiary/aromatic N) is 5. The summed E-state index contributed by atoms with van der Waals surface area (Å²) in [6.07, 6.45) is 4.65. The molecule has 11 heteroatoms. The summed E-state index contributed by atoms with van der Waals surface area (Å²) in [6, 6.07) is 18.7. The first-order chi connectivity index (χ1) is 20.9. The van der Waals surface area contributed by atoms with Crippen LogP contribution in [0.3, 0.4) is 0 Å². The summed E-state index contributed by atoms with van der Waals surface area (Å²) in [6.45, 7) is 4.64. The third-order valence-corrected chi connectivity index (χ3v) is 7.93. The lowest BCUT2D eigenvalue weighted by atomic mass is 9.98. The smallest absolute Gasteiger partial charge is 0.334 e. The van der Waals surface area contributed by atoms with Crippen LogP contribution < -0.4 is 5.32 Å². The summed E-state index contributed by atoms with van der Waals surface area (Å²) in [7, 11) is 0. The van der Waals surface area contributed by atoms with Crippen LogP contribution in [-0.4, -0.2) is 84.6 Å². The number of benzene rings is 2. The van der Waals surface area contributed by atoms with Gasteiger partial charge in [-0.1, -0.05) is 42.5 Å². The zero-order valence-electron chi connectivity index (χ0n) is 23.6. The van der Waals surface area contributed by atoms with Gasteiger partial charge in [0.05, 0.1) is 30.8 Å². The van der Waals surface area contributed by atoms with Gasteiger partial charge in [0.2, 0.25) is 11.8 Å². The lowest BCUT2D eigenvalue weighted by Crippen LogP contribution is -2.76. The lowest BCUT2D eigenvalue weighted by Gasteiger charge is -2.55. The van der Waals surface area contributed by atoms with Gasteiger partial charge in [-0.05, 0) is 46.8 Å². The van der Waals surface area contributed by atoms with Gasteiger partial charge in [0, 0.05) is 31.9 Å². The maximum absolute atomic E-state index is 14.2. The Labute approximate surface area is 249 Å². The molecule has 220 valence electrons. The Morgan fingerprint density at radius 3 is 2.70 bits per heavy atom. The van der Waals surface area contributed by atoms with Crippen molar-refractivity contribution in [2.75, 3.05) is 19.6 Å². The summed E-state index contributed by atoms with van der Waals surface area (Å²) in [5, 5.41) is 17.0. The van der Waals surface area contributed by atoms with Gasteiger partial charge >= 0.3 is 6.03 Å². The number of pyridine rings is 1. The molecule has 3 N–H and O–H groups in total. The number of carbonyl (C=O) groups excluding carboxylic acids is 3. The molecule has 43 heavy (non-hydrogen) atoms. The largest absolute Gasteiger partial charge is 0.508 e. The number of rotatable bonds is 8. The van der Waals surface area contributed by atoms with Gasteiger partial charge in [-0.3, -0.25) is 14.6 Å². The highest BCUT2D eigenvalue weighted by atomic mass is 16.3. The number of nitrogens with one attached hydrogen (secondary N) is 2. The molecule has 11 nitrogen and oxygen atoms in total. The summed E-state index contributed by atoms with van der Waals surface area (Å²) in [4.78, 5) is 52.6. The molecule has 2 aliphatic heterocycles. The number of para-hydroxylation sites is 1. The maximum atomic E-state index is 14.2. The van der Waals surface area contributed by atoms with Crippen LogP contribution in [0.1, 0.15) is 16.8 Å². The number of aromatic hydroxyl groups is 1. The second-order valence-corrected chi connectivity index (χ2v) is 10.7. The highest BCUT2D eigenvalue weighted by Gasteiger charge is 2.51. The number of hydrogen-bond acceptors (Lipinski definition) is 6. The Kier molecular flexibility index (Phi) is 7.80. The van der Waals surface area contributed by atoms with E-state index >= 15 is 0 Å². The summed E-state index contributed by atoms with van der Waals surface area (Å²) in [5.41, 5.74) is 3.35. The van der Waals surface area contributed by atoms with Gasteiger partial charge in [0.1, 0.15) is 18.0 Å². The molecular formula is C32H33N7O4. The predicted molar refractivity (Wildman–Crippen MR) is 160 cm³/mol. The third-order valence-electron chi connectivity index (χ3n) is 7.93. The molecule has 0 saturated carbocycles. The number of fused-ring (bicyclic) bond motifs is 2. The van der Waals surface area contributed by atoms with Crippen LogP contribution >= 0.6 is 0 Å². The van der Waals surface area contributed by atoms with Crippen molar-refractivity contribution in [2.45, 2.75) is 31.7 Å². The highest BCUT2D eigenvalue weighted by molar-refractivity contribution is 5.92. The lowest BCUT2D eigenvalue weighted by molar-refractivity contribution is -0.189. The van der Waals surface area contributed by atoms with Crippen LogP contribution in [0.15, 0.2) is 91.8 Å². The van der Waals surface area contributed by atoms with E-state index in [1.54, 1.807) is 62.4 Å². The van der Waals surface area contributed by atoms with E-state index in [4.69, 9.17) is 0 Å². The zero-order chi connectivity index (χ0) is 29.9. The molecule has 2 fully saturated rings. The number of hydrazine groups is 1. The van der Waals surface area contributed by atoms with Crippen molar-refractivity contribution in [1.29, 1.82) is 0 Å². The zero-order valence-corrected chi connectivity index (χ0v) is 23.6. The first-order valence-corrected chi connectivity index (χ1v) is 14.2. The molecule has 6 rings (SSSR count). The number of hydrogen-bond donors (Lipinski definition) is 3. The molecule has 2 atom stereocenters. The minimum Gasteiger partial charge on any atom is -0.508 e. The number of aromatic amines is 1. The number of phenols is 1. The van der Waals surface area contributed by atoms with Crippen LogP contribution in [0.4, 0.5) is 4.79 Å². The van der Waals surface area contributed by atoms with E-state index in [9.17, 15) is 19.5 Å². The first-order valence-electron chi connectivity index (χ1n) is 14.2. The van der Waals surface area contributed by atoms with Gasteiger partial charge in [0.25, 0.3) is 0 Å². The Morgan fingerprint density at radius 1 is 1.09 bits per heavy atom. The van der Waals surface area contributed by atoms with Crippen molar-refractivity contribution in [3.63, 3.8) is 0 Å². The van der Waals surface area contributed by atoms with Gasteiger partial charge < -0.3 is 25.2 Å².